The van der Waals surface area contributed by atoms with Gasteiger partial charge in [-0.3, -0.25) is 4.79 Å². The Labute approximate surface area is 257 Å². The molecule has 13 heteroatoms. The van der Waals surface area contributed by atoms with E-state index in [0.717, 1.165) is 5.56 Å². The summed E-state index contributed by atoms with van der Waals surface area (Å²) in [5, 5.41) is 63.6. The van der Waals surface area contributed by atoms with Crippen molar-refractivity contribution in [3.63, 3.8) is 0 Å². The third kappa shape index (κ3) is 5.82. The molecule has 1 fully saturated rings. The first-order valence-corrected chi connectivity index (χ1v) is 14.1. The first kappa shape index (κ1) is 31.9. The van der Waals surface area contributed by atoms with Gasteiger partial charge in [-0.2, -0.15) is 0 Å². The van der Waals surface area contributed by atoms with Crippen LogP contribution >= 0.6 is 0 Å². The highest BCUT2D eigenvalue weighted by Crippen LogP contribution is 2.51. The van der Waals surface area contributed by atoms with Crippen molar-refractivity contribution in [2.45, 2.75) is 43.9 Å². The molecule has 0 saturated carbocycles. The van der Waals surface area contributed by atoms with Crippen LogP contribution in [0.3, 0.4) is 0 Å². The number of hydrogen-bond donors (Lipinski definition) is 6. The SMILES string of the molecule is COc1ccc(C(=O)O[C@@H]2[C@@H](O)[C@H](O)[C@@H](CO)O[C@H]2c2c(O)c(C)c(O)c3c2OC[C@@H](Cc2ccc(O)cc2)C3=O)cc1OC. The maximum absolute atomic E-state index is 13.8. The fraction of sp³-hybridized carbons (Fsp3) is 0.375. The molecule has 0 spiro atoms. The number of phenolic OH excluding ortho intramolecular Hbond substituents is 3. The molecule has 0 aliphatic carbocycles. The monoisotopic (exact) mass is 626 g/mol. The Morgan fingerprint density at radius 3 is 2.29 bits per heavy atom. The summed E-state index contributed by atoms with van der Waals surface area (Å²) in [6, 6.07) is 10.5. The van der Waals surface area contributed by atoms with Gasteiger partial charge in [-0.05, 0) is 49.2 Å². The molecule has 2 aliphatic rings. The van der Waals surface area contributed by atoms with Crippen molar-refractivity contribution in [2.75, 3.05) is 27.4 Å². The predicted molar refractivity (Wildman–Crippen MR) is 155 cm³/mol. The highest BCUT2D eigenvalue weighted by Gasteiger charge is 2.50. The van der Waals surface area contributed by atoms with Gasteiger partial charge >= 0.3 is 5.97 Å². The molecule has 5 rings (SSSR count). The number of carbonyl (C=O) groups is 2. The molecule has 13 nitrogen and oxygen atoms in total. The molecule has 0 unspecified atom stereocenters. The molecule has 1 saturated heterocycles. The second-order valence-electron chi connectivity index (χ2n) is 10.9. The van der Waals surface area contributed by atoms with E-state index in [1.807, 2.05) is 0 Å². The van der Waals surface area contributed by atoms with Gasteiger partial charge in [0.25, 0.3) is 0 Å². The number of methoxy groups -OCH3 is 2. The van der Waals surface area contributed by atoms with Crippen molar-refractivity contribution >= 4 is 11.8 Å². The smallest absolute Gasteiger partial charge is 0.338 e. The number of esters is 1. The minimum atomic E-state index is -1.82. The minimum Gasteiger partial charge on any atom is -0.508 e. The zero-order chi connectivity index (χ0) is 32.6. The molecule has 240 valence electrons. The van der Waals surface area contributed by atoms with Gasteiger partial charge < -0.3 is 54.3 Å². The van der Waals surface area contributed by atoms with Crippen LogP contribution in [0, 0.1) is 12.8 Å². The maximum atomic E-state index is 13.8. The van der Waals surface area contributed by atoms with Gasteiger partial charge in [-0.1, -0.05) is 12.1 Å². The number of phenols is 3. The lowest BCUT2D eigenvalue weighted by Gasteiger charge is -2.43. The Hall–Kier alpha value is -4.56. The highest BCUT2D eigenvalue weighted by molar-refractivity contribution is 6.05. The van der Waals surface area contributed by atoms with Gasteiger partial charge in [0.2, 0.25) is 0 Å². The first-order chi connectivity index (χ1) is 21.5. The number of rotatable bonds is 8. The van der Waals surface area contributed by atoms with E-state index in [2.05, 4.69) is 0 Å². The number of carbonyl (C=O) groups excluding carboxylic acids is 2. The van der Waals surface area contributed by atoms with Gasteiger partial charge in [0.05, 0.1) is 44.5 Å². The zero-order valence-corrected chi connectivity index (χ0v) is 24.7. The Balaban J connectivity index is 1.55. The summed E-state index contributed by atoms with van der Waals surface area (Å²) in [6.07, 6.45) is -7.95. The normalized spacial score (nSPS) is 24.4. The van der Waals surface area contributed by atoms with Crippen LogP contribution in [-0.2, 0) is 15.9 Å². The molecule has 0 bridgehead atoms. The Kier molecular flexibility index (Phi) is 9.07. The maximum Gasteiger partial charge on any atom is 0.338 e. The van der Waals surface area contributed by atoms with Crippen molar-refractivity contribution in [1.29, 1.82) is 0 Å². The number of ether oxygens (including phenoxy) is 5. The van der Waals surface area contributed by atoms with E-state index in [4.69, 9.17) is 23.7 Å². The van der Waals surface area contributed by atoms with E-state index >= 15 is 0 Å². The van der Waals surface area contributed by atoms with Crippen LogP contribution in [0.2, 0.25) is 0 Å². The third-order valence-corrected chi connectivity index (χ3v) is 8.15. The van der Waals surface area contributed by atoms with Crippen LogP contribution < -0.4 is 14.2 Å². The molecule has 3 aromatic carbocycles. The molecule has 0 amide bonds. The highest BCUT2D eigenvalue weighted by atomic mass is 16.6. The topological polar surface area (TPSA) is 202 Å². The van der Waals surface area contributed by atoms with Gasteiger partial charge in [-0.25, -0.2) is 4.79 Å². The second kappa shape index (κ2) is 12.8. The Bertz CT molecular complexity index is 1590. The summed E-state index contributed by atoms with van der Waals surface area (Å²) >= 11 is 0. The molecular weight excluding hydrogens is 592 g/mol. The largest absolute Gasteiger partial charge is 0.508 e. The van der Waals surface area contributed by atoms with E-state index in [1.165, 1.54) is 51.5 Å². The molecular formula is C32H34O13. The Morgan fingerprint density at radius 1 is 0.956 bits per heavy atom. The van der Waals surface area contributed by atoms with Crippen molar-refractivity contribution in [2.24, 2.45) is 5.92 Å². The van der Waals surface area contributed by atoms with E-state index in [-0.39, 0.29) is 52.5 Å². The van der Waals surface area contributed by atoms with E-state index in [0.29, 0.717) is 5.75 Å². The Morgan fingerprint density at radius 2 is 1.64 bits per heavy atom. The number of aliphatic hydroxyl groups excluding tert-OH is 3. The molecule has 6 atom stereocenters. The van der Waals surface area contributed by atoms with Crippen LogP contribution in [0.4, 0.5) is 0 Å². The summed E-state index contributed by atoms with van der Waals surface area (Å²) in [4.78, 5) is 27.1. The van der Waals surface area contributed by atoms with E-state index in [9.17, 15) is 40.2 Å². The average Bonchev–Trinajstić information content (AvgIpc) is 3.04. The third-order valence-electron chi connectivity index (χ3n) is 8.15. The quantitative estimate of drug-likeness (QED) is 0.198. The number of ketones is 1. The van der Waals surface area contributed by atoms with Gasteiger partial charge in [0.15, 0.2) is 23.4 Å². The summed E-state index contributed by atoms with van der Waals surface area (Å²) in [7, 11) is 2.80. The van der Waals surface area contributed by atoms with Crippen molar-refractivity contribution < 1.29 is 63.9 Å². The second-order valence-corrected chi connectivity index (χ2v) is 10.9. The molecule has 3 aromatic rings. The fourth-order valence-corrected chi connectivity index (χ4v) is 5.64. The summed E-state index contributed by atoms with van der Waals surface area (Å²) < 4.78 is 28.0. The van der Waals surface area contributed by atoms with Crippen LogP contribution in [0.25, 0.3) is 0 Å². The van der Waals surface area contributed by atoms with E-state index in [1.54, 1.807) is 12.1 Å². The first-order valence-electron chi connectivity index (χ1n) is 14.1. The van der Waals surface area contributed by atoms with Crippen molar-refractivity contribution in [1.82, 2.24) is 0 Å². The van der Waals surface area contributed by atoms with Crippen LogP contribution in [0.15, 0.2) is 42.5 Å². The standard InChI is InChI=1S/C32H34O13/c1-14-24(35)22-26(37)17(10-15-4-7-18(34)8-5-15)13-43-29(22)23(25(14)36)30-31(28(39)27(38)21(12-33)44-30)45-32(40)16-6-9-19(41-2)20(11-16)42-3/h4-9,11,17,21,27-28,30-31,33-36,38-39H,10,12-13H2,1-3H3/t17-,21-,27-,28+,30+,31-/m1/s1. The van der Waals surface area contributed by atoms with E-state index < -0.39 is 66.3 Å². The lowest BCUT2D eigenvalue weighted by Crippen LogP contribution is -2.56. The summed E-state index contributed by atoms with van der Waals surface area (Å²) in [6.45, 7) is 0.437. The summed E-state index contributed by atoms with van der Waals surface area (Å²) in [5.74, 6) is -2.92. The van der Waals surface area contributed by atoms with Crippen molar-refractivity contribution in [3.05, 3.63) is 70.3 Å². The molecule has 6 N–H and O–H groups in total. The molecule has 2 aliphatic heterocycles. The van der Waals surface area contributed by atoms with Gasteiger partial charge in [-0.15, -0.1) is 0 Å². The number of benzene rings is 3. The molecule has 0 radical (unpaired) electrons. The van der Waals surface area contributed by atoms with Gasteiger partial charge in [0.1, 0.15) is 53.0 Å². The minimum absolute atomic E-state index is 0.00555. The van der Waals surface area contributed by atoms with Crippen molar-refractivity contribution in [3.8, 4) is 34.5 Å². The summed E-state index contributed by atoms with van der Waals surface area (Å²) in [5.41, 5.74) is 0.153. The molecule has 45 heavy (non-hydrogen) atoms. The predicted octanol–water partition coefficient (Wildman–Crippen LogP) is 1.94. The average molecular weight is 627 g/mol. The number of aromatic hydroxyl groups is 3. The molecule has 0 aromatic heterocycles. The van der Waals surface area contributed by atoms with Crippen LogP contribution in [-0.4, -0.2) is 94.2 Å². The zero-order valence-electron chi connectivity index (χ0n) is 24.7. The number of hydrogen-bond acceptors (Lipinski definition) is 13. The lowest BCUT2D eigenvalue weighted by atomic mass is 9.83. The van der Waals surface area contributed by atoms with Gasteiger partial charge in [0, 0.05) is 5.56 Å². The number of fused-ring (bicyclic) bond motifs is 1. The van der Waals surface area contributed by atoms with Crippen LogP contribution in [0.5, 0.6) is 34.5 Å². The molecule has 2 heterocycles. The number of aliphatic hydroxyl groups is 3. The fourth-order valence-electron chi connectivity index (χ4n) is 5.64. The van der Waals surface area contributed by atoms with Crippen LogP contribution in [0.1, 0.15) is 43.5 Å². The number of Topliss-reactive ketones (excluding diaryl/α,β-unsaturated/α-hetero) is 1. The lowest BCUT2D eigenvalue weighted by molar-refractivity contribution is -0.232.